The van der Waals surface area contributed by atoms with Crippen molar-refractivity contribution in [1.82, 2.24) is 0 Å². The Kier molecular flexibility index (Phi) is 4.51. The fourth-order valence-corrected chi connectivity index (χ4v) is 1.78. The Labute approximate surface area is 113 Å². The Balaban J connectivity index is 1.99. The van der Waals surface area contributed by atoms with E-state index in [0.717, 1.165) is 5.56 Å². The van der Waals surface area contributed by atoms with Crippen molar-refractivity contribution in [2.45, 2.75) is 6.92 Å². The molecule has 0 aliphatic heterocycles. The quantitative estimate of drug-likeness (QED) is 0.608. The molecule has 2 aromatic carbocycles. The number of fused-ring (bicyclic) bond motifs is 1. The molecule has 2 heteroatoms. The van der Waals surface area contributed by atoms with Gasteiger partial charge in [0.05, 0.1) is 0 Å². The molecular formula is C17H16O2. The van der Waals surface area contributed by atoms with E-state index in [1.165, 1.54) is 17.7 Å². The molecule has 2 rings (SSSR count). The molecule has 0 bridgehead atoms. The number of ether oxygens (including phenoxy) is 1. The van der Waals surface area contributed by atoms with Crippen LogP contribution >= 0.6 is 0 Å². The molecular weight excluding hydrogens is 236 g/mol. The summed E-state index contributed by atoms with van der Waals surface area (Å²) in [5, 5.41) is 2.47. The first kappa shape index (κ1) is 13.1. The van der Waals surface area contributed by atoms with Crippen LogP contribution in [0.3, 0.4) is 0 Å². The Morgan fingerprint density at radius 3 is 2.68 bits per heavy atom. The van der Waals surface area contributed by atoms with Crippen molar-refractivity contribution in [3.63, 3.8) is 0 Å². The van der Waals surface area contributed by atoms with Gasteiger partial charge in [0, 0.05) is 6.92 Å². The van der Waals surface area contributed by atoms with E-state index in [9.17, 15) is 4.79 Å². The van der Waals surface area contributed by atoms with Crippen LogP contribution in [0.5, 0.6) is 0 Å². The van der Waals surface area contributed by atoms with E-state index in [4.69, 9.17) is 4.74 Å². The summed E-state index contributed by atoms with van der Waals surface area (Å²) < 4.78 is 4.79. The zero-order valence-electron chi connectivity index (χ0n) is 10.9. The summed E-state index contributed by atoms with van der Waals surface area (Å²) in [5.74, 6) is -0.261. The lowest BCUT2D eigenvalue weighted by molar-refractivity contribution is -0.139. The molecule has 2 aromatic rings. The van der Waals surface area contributed by atoms with Gasteiger partial charge in [0.25, 0.3) is 0 Å². The number of carbonyl (C=O) groups excluding carboxylic acids is 1. The number of allylic oxidation sites excluding steroid dienone is 2. The first-order valence-corrected chi connectivity index (χ1v) is 6.21. The van der Waals surface area contributed by atoms with Gasteiger partial charge in [-0.3, -0.25) is 4.79 Å². The van der Waals surface area contributed by atoms with E-state index in [1.807, 2.05) is 30.4 Å². The molecule has 2 nitrogen and oxygen atoms in total. The maximum absolute atomic E-state index is 10.5. The minimum atomic E-state index is -0.261. The highest BCUT2D eigenvalue weighted by Crippen LogP contribution is 2.16. The van der Waals surface area contributed by atoms with Crippen molar-refractivity contribution >= 4 is 22.8 Å². The largest absolute Gasteiger partial charge is 0.462 e. The summed E-state index contributed by atoms with van der Waals surface area (Å²) in [6.45, 7) is 1.72. The molecule has 0 fully saturated rings. The SMILES string of the molecule is CC(=O)OC/C=C/C=C/c1ccc2ccccc2c1. The monoisotopic (exact) mass is 252 g/mol. The average molecular weight is 252 g/mol. The average Bonchev–Trinajstić information content (AvgIpc) is 2.42. The normalized spacial score (nSPS) is 11.4. The van der Waals surface area contributed by atoms with Gasteiger partial charge >= 0.3 is 5.97 Å². The van der Waals surface area contributed by atoms with Gasteiger partial charge in [-0.05, 0) is 28.5 Å². The van der Waals surface area contributed by atoms with Crippen LogP contribution in [0.4, 0.5) is 0 Å². The summed E-state index contributed by atoms with van der Waals surface area (Å²) in [6.07, 6.45) is 7.64. The van der Waals surface area contributed by atoms with Crippen LogP contribution in [-0.2, 0) is 9.53 Å². The molecule has 0 saturated heterocycles. The van der Waals surface area contributed by atoms with Crippen molar-refractivity contribution in [2.24, 2.45) is 0 Å². The molecule has 0 atom stereocenters. The molecule has 96 valence electrons. The first-order chi connectivity index (χ1) is 9.25. The third-order valence-corrected chi connectivity index (χ3v) is 2.69. The van der Waals surface area contributed by atoms with Crippen LogP contribution < -0.4 is 0 Å². The molecule has 0 unspecified atom stereocenters. The lowest BCUT2D eigenvalue weighted by Gasteiger charge is -1.98. The van der Waals surface area contributed by atoms with E-state index in [-0.39, 0.29) is 5.97 Å². The fraction of sp³-hybridized carbons (Fsp3) is 0.118. The number of rotatable bonds is 4. The zero-order valence-corrected chi connectivity index (χ0v) is 10.9. The number of carbonyl (C=O) groups is 1. The number of benzene rings is 2. The van der Waals surface area contributed by atoms with Crippen molar-refractivity contribution in [2.75, 3.05) is 6.61 Å². The van der Waals surface area contributed by atoms with E-state index in [2.05, 4.69) is 30.3 Å². The van der Waals surface area contributed by atoms with Gasteiger partial charge in [0.2, 0.25) is 0 Å². The van der Waals surface area contributed by atoms with Crippen LogP contribution in [0.25, 0.3) is 16.8 Å². The number of esters is 1. The second-order valence-corrected chi connectivity index (χ2v) is 4.20. The second kappa shape index (κ2) is 6.55. The smallest absolute Gasteiger partial charge is 0.302 e. The fourth-order valence-electron chi connectivity index (χ4n) is 1.78. The summed E-state index contributed by atoms with van der Waals surface area (Å²) in [4.78, 5) is 10.5. The second-order valence-electron chi connectivity index (χ2n) is 4.20. The zero-order chi connectivity index (χ0) is 13.5. The van der Waals surface area contributed by atoms with Gasteiger partial charge in [0.15, 0.2) is 0 Å². The van der Waals surface area contributed by atoms with E-state index < -0.39 is 0 Å². The predicted molar refractivity (Wildman–Crippen MR) is 78.8 cm³/mol. The standard InChI is InChI=1S/C17H16O2/c1-14(18)19-12-6-2-3-7-15-10-11-16-8-4-5-9-17(16)13-15/h2-11,13H,12H2,1H3/b6-2+,7-3+. The first-order valence-electron chi connectivity index (χ1n) is 6.21. The summed E-state index contributed by atoms with van der Waals surface area (Å²) in [5.41, 5.74) is 1.15. The Bertz CT molecular complexity index is 624. The summed E-state index contributed by atoms with van der Waals surface area (Å²) >= 11 is 0. The minimum absolute atomic E-state index is 0.261. The van der Waals surface area contributed by atoms with Crippen molar-refractivity contribution in [3.05, 3.63) is 66.3 Å². The van der Waals surface area contributed by atoms with E-state index in [1.54, 1.807) is 6.08 Å². The molecule has 0 spiro atoms. The van der Waals surface area contributed by atoms with Gasteiger partial charge in [0.1, 0.15) is 6.61 Å². The van der Waals surface area contributed by atoms with Crippen molar-refractivity contribution in [3.8, 4) is 0 Å². The highest BCUT2D eigenvalue weighted by Gasteiger charge is 1.92. The van der Waals surface area contributed by atoms with Gasteiger partial charge in [-0.1, -0.05) is 54.6 Å². The van der Waals surface area contributed by atoms with Crippen LogP contribution in [0.2, 0.25) is 0 Å². The van der Waals surface area contributed by atoms with E-state index >= 15 is 0 Å². The van der Waals surface area contributed by atoms with E-state index in [0.29, 0.717) is 6.61 Å². The van der Waals surface area contributed by atoms with Crippen molar-refractivity contribution in [1.29, 1.82) is 0 Å². The lowest BCUT2D eigenvalue weighted by atomic mass is 10.1. The number of hydrogen-bond donors (Lipinski definition) is 0. The Morgan fingerprint density at radius 1 is 1.11 bits per heavy atom. The van der Waals surface area contributed by atoms with Gasteiger partial charge in [-0.15, -0.1) is 0 Å². The maximum atomic E-state index is 10.5. The lowest BCUT2D eigenvalue weighted by Crippen LogP contribution is -1.96. The van der Waals surface area contributed by atoms with Gasteiger partial charge < -0.3 is 4.74 Å². The summed E-state index contributed by atoms with van der Waals surface area (Å²) in [6, 6.07) is 14.6. The third kappa shape index (κ3) is 4.11. The summed E-state index contributed by atoms with van der Waals surface area (Å²) in [7, 11) is 0. The Hall–Kier alpha value is -2.35. The highest BCUT2D eigenvalue weighted by molar-refractivity contribution is 5.84. The topological polar surface area (TPSA) is 26.3 Å². The Morgan fingerprint density at radius 2 is 1.89 bits per heavy atom. The third-order valence-electron chi connectivity index (χ3n) is 2.69. The van der Waals surface area contributed by atoms with Crippen molar-refractivity contribution < 1.29 is 9.53 Å². The predicted octanol–water partition coefficient (Wildman–Crippen LogP) is 3.97. The van der Waals surface area contributed by atoms with Crippen LogP contribution in [0.15, 0.2) is 60.7 Å². The molecule has 0 aliphatic rings. The van der Waals surface area contributed by atoms with Gasteiger partial charge in [-0.25, -0.2) is 0 Å². The molecule has 19 heavy (non-hydrogen) atoms. The molecule has 0 heterocycles. The minimum Gasteiger partial charge on any atom is -0.462 e. The van der Waals surface area contributed by atoms with Crippen LogP contribution in [0.1, 0.15) is 12.5 Å². The highest BCUT2D eigenvalue weighted by atomic mass is 16.5. The maximum Gasteiger partial charge on any atom is 0.302 e. The molecule has 0 radical (unpaired) electrons. The number of hydrogen-bond acceptors (Lipinski definition) is 2. The van der Waals surface area contributed by atoms with Crippen LogP contribution in [-0.4, -0.2) is 12.6 Å². The molecule has 0 saturated carbocycles. The molecule has 0 amide bonds. The molecule has 0 aromatic heterocycles. The van der Waals surface area contributed by atoms with Gasteiger partial charge in [-0.2, -0.15) is 0 Å². The molecule has 0 aliphatic carbocycles. The molecule has 0 N–H and O–H groups in total. The van der Waals surface area contributed by atoms with Crippen LogP contribution in [0, 0.1) is 0 Å².